The maximum absolute atomic E-state index is 12.9. The number of likely N-dealkylation sites (N-methyl/N-ethyl adjacent to an activating group) is 2. The molecule has 1 amide bonds. The van der Waals surface area contributed by atoms with Crippen LogP contribution in [0.15, 0.2) is 71.9 Å². The zero-order valence-electron chi connectivity index (χ0n) is 21.2. The summed E-state index contributed by atoms with van der Waals surface area (Å²) in [6.07, 6.45) is 2.52. The Morgan fingerprint density at radius 2 is 1.67 bits per heavy atom. The van der Waals surface area contributed by atoms with Crippen molar-refractivity contribution < 1.29 is 4.79 Å². The van der Waals surface area contributed by atoms with Crippen LogP contribution in [-0.4, -0.2) is 30.6 Å². The number of amides is 1. The van der Waals surface area contributed by atoms with Crippen molar-refractivity contribution in [2.24, 2.45) is 4.99 Å². The fourth-order valence-corrected chi connectivity index (χ4v) is 3.79. The largest absolute Gasteiger partial charge is 0.391 e. The monoisotopic (exact) mass is 443 g/mol. The van der Waals surface area contributed by atoms with E-state index in [2.05, 4.69) is 67.6 Å². The van der Waals surface area contributed by atoms with Crippen molar-refractivity contribution in [3.63, 3.8) is 0 Å². The van der Waals surface area contributed by atoms with E-state index >= 15 is 0 Å². The van der Waals surface area contributed by atoms with E-state index in [4.69, 9.17) is 0 Å². The number of nitrogens with zero attached hydrogens (tertiary/aromatic N) is 2. The molecule has 0 saturated carbocycles. The molecule has 2 rings (SSSR count). The van der Waals surface area contributed by atoms with Crippen LogP contribution in [-0.2, 0) is 17.8 Å². The first-order chi connectivity index (χ1) is 15.5. The van der Waals surface area contributed by atoms with Gasteiger partial charge in [0.1, 0.15) is 0 Å². The molecule has 0 saturated heterocycles. The van der Waals surface area contributed by atoms with Crippen molar-refractivity contribution in [2.45, 2.75) is 47.6 Å². The molecule has 4 heteroatoms. The molecule has 0 unspecified atom stereocenters. The fraction of sp³-hybridized carbons (Fsp3) is 0.310. The Labute approximate surface area is 199 Å². The lowest BCUT2D eigenvalue weighted by molar-refractivity contribution is -0.126. The minimum Gasteiger partial charge on any atom is -0.391 e. The SMILES string of the molecule is C=C(/C=C(/Cc1ccc(N=C(C)C)c(C)c1)NC)C(=O)N(C)Cc1ccc(C(=C)C)c(C)c1. The fourth-order valence-electron chi connectivity index (χ4n) is 3.79. The molecule has 0 fully saturated rings. The molecule has 0 aromatic heterocycles. The zero-order valence-corrected chi connectivity index (χ0v) is 21.2. The van der Waals surface area contributed by atoms with Crippen LogP contribution < -0.4 is 5.32 Å². The number of benzene rings is 2. The average molecular weight is 444 g/mol. The molecule has 0 aliphatic rings. The van der Waals surface area contributed by atoms with Gasteiger partial charge in [0, 0.05) is 44.0 Å². The highest BCUT2D eigenvalue weighted by molar-refractivity contribution is 5.95. The summed E-state index contributed by atoms with van der Waals surface area (Å²) in [5.74, 6) is -0.0938. The molecule has 0 aliphatic carbocycles. The first-order valence-corrected chi connectivity index (χ1v) is 11.2. The Bertz CT molecular complexity index is 1120. The second-order valence-corrected chi connectivity index (χ2v) is 8.89. The lowest BCUT2D eigenvalue weighted by atomic mass is 10.00. The number of allylic oxidation sites excluding steroid dienone is 2. The van der Waals surface area contributed by atoms with Crippen molar-refractivity contribution in [1.82, 2.24) is 10.2 Å². The summed E-state index contributed by atoms with van der Waals surface area (Å²) in [6.45, 7) is 18.7. The van der Waals surface area contributed by atoms with Gasteiger partial charge in [0.25, 0.3) is 5.91 Å². The molecule has 2 aromatic carbocycles. The molecule has 0 aliphatic heterocycles. The molecular weight excluding hydrogens is 406 g/mol. The predicted octanol–water partition coefficient (Wildman–Crippen LogP) is 6.31. The summed E-state index contributed by atoms with van der Waals surface area (Å²) < 4.78 is 0. The minimum absolute atomic E-state index is 0.0938. The Morgan fingerprint density at radius 3 is 2.21 bits per heavy atom. The molecule has 174 valence electrons. The summed E-state index contributed by atoms with van der Waals surface area (Å²) in [6, 6.07) is 12.5. The Hall–Kier alpha value is -3.40. The molecule has 0 heterocycles. The van der Waals surface area contributed by atoms with Gasteiger partial charge in [-0.2, -0.15) is 0 Å². The summed E-state index contributed by atoms with van der Waals surface area (Å²) in [5.41, 5.74) is 10.1. The first-order valence-electron chi connectivity index (χ1n) is 11.2. The van der Waals surface area contributed by atoms with Crippen LogP contribution in [0.4, 0.5) is 5.69 Å². The maximum Gasteiger partial charge on any atom is 0.253 e. The van der Waals surface area contributed by atoms with Crippen LogP contribution in [0.25, 0.3) is 5.57 Å². The van der Waals surface area contributed by atoms with E-state index < -0.39 is 0 Å². The third-order valence-electron chi connectivity index (χ3n) is 5.46. The Kier molecular flexibility index (Phi) is 8.98. The maximum atomic E-state index is 12.9. The van der Waals surface area contributed by atoms with Gasteiger partial charge in [0.2, 0.25) is 0 Å². The van der Waals surface area contributed by atoms with E-state index in [1.807, 2.05) is 40.0 Å². The van der Waals surface area contributed by atoms with E-state index in [0.717, 1.165) is 50.5 Å². The molecule has 2 aromatic rings. The smallest absolute Gasteiger partial charge is 0.253 e. The highest BCUT2D eigenvalue weighted by atomic mass is 16.2. The topological polar surface area (TPSA) is 44.7 Å². The van der Waals surface area contributed by atoms with Crippen molar-refractivity contribution in [3.05, 3.63) is 94.7 Å². The van der Waals surface area contributed by atoms with Gasteiger partial charge in [-0.3, -0.25) is 9.79 Å². The lowest BCUT2D eigenvalue weighted by Gasteiger charge is -2.19. The van der Waals surface area contributed by atoms with Gasteiger partial charge in [-0.25, -0.2) is 0 Å². The molecular formula is C29H37N3O. The van der Waals surface area contributed by atoms with Crippen LogP contribution in [0.2, 0.25) is 0 Å². The van der Waals surface area contributed by atoms with Gasteiger partial charge in [-0.1, -0.05) is 49.1 Å². The van der Waals surface area contributed by atoms with Gasteiger partial charge in [-0.05, 0) is 74.6 Å². The van der Waals surface area contributed by atoms with Gasteiger partial charge >= 0.3 is 0 Å². The summed E-state index contributed by atoms with van der Waals surface area (Å²) >= 11 is 0. The summed E-state index contributed by atoms with van der Waals surface area (Å²) in [4.78, 5) is 19.2. The summed E-state index contributed by atoms with van der Waals surface area (Å²) in [7, 11) is 3.67. The number of hydrogen-bond acceptors (Lipinski definition) is 3. The van der Waals surface area contributed by atoms with Crippen molar-refractivity contribution in [2.75, 3.05) is 14.1 Å². The van der Waals surface area contributed by atoms with Crippen molar-refractivity contribution >= 4 is 22.9 Å². The van der Waals surface area contributed by atoms with E-state index in [1.165, 1.54) is 0 Å². The van der Waals surface area contributed by atoms with E-state index in [9.17, 15) is 4.79 Å². The number of rotatable bonds is 9. The number of carbonyl (C=O) groups excluding carboxylic acids is 1. The third-order valence-corrected chi connectivity index (χ3v) is 5.46. The normalized spacial score (nSPS) is 11.1. The number of aryl methyl sites for hydroxylation is 2. The van der Waals surface area contributed by atoms with Crippen LogP contribution >= 0.6 is 0 Å². The standard InChI is InChI=1S/C29H37N3O/c1-19(2)27-12-10-25(14-21(27)5)18-32(9)29(33)23(7)16-26(30-8)17-24-11-13-28(22(6)15-24)31-20(3)4/h10-16,30H,1,7,17-18H2,2-6,8-9H3/b26-16-. The van der Waals surface area contributed by atoms with Gasteiger partial charge in [0.15, 0.2) is 0 Å². The molecule has 33 heavy (non-hydrogen) atoms. The second-order valence-electron chi connectivity index (χ2n) is 8.89. The van der Waals surface area contributed by atoms with Gasteiger partial charge < -0.3 is 10.2 Å². The highest BCUT2D eigenvalue weighted by Gasteiger charge is 2.13. The Morgan fingerprint density at radius 1 is 1.03 bits per heavy atom. The van der Waals surface area contributed by atoms with Crippen molar-refractivity contribution in [3.8, 4) is 0 Å². The molecule has 1 N–H and O–H groups in total. The minimum atomic E-state index is -0.0938. The predicted molar refractivity (Wildman–Crippen MR) is 142 cm³/mol. The number of carbonyl (C=O) groups is 1. The number of hydrogen-bond donors (Lipinski definition) is 1. The van der Waals surface area contributed by atoms with E-state index in [-0.39, 0.29) is 5.91 Å². The van der Waals surface area contributed by atoms with Gasteiger partial charge in [-0.15, -0.1) is 0 Å². The van der Waals surface area contributed by atoms with E-state index in [0.29, 0.717) is 18.5 Å². The first kappa shape index (κ1) is 25.9. The van der Waals surface area contributed by atoms with Crippen LogP contribution in [0.1, 0.15) is 48.6 Å². The number of nitrogens with one attached hydrogen (secondary N) is 1. The quantitative estimate of drug-likeness (QED) is 0.280. The molecule has 0 bridgehead atoms. The average Bonchev–Trinajstić information content (AvgIpc) is 2.73. The lowest BCUT2D eigenvalue weighted by Crippen LogP contribution is -2.27. The molecule has 4 nitrogen and oxygen atoms in total. The van der Waals surface area contributed by atoms with Crippen LogP contribution in [0.3, 0.4) is 0 Å². The summed E-state index contributed by atoms with van der Waals surface area (Å²) in [5, 5.41) is 3.21. The second kappa shape index (κ2) is 11.5. The molecule has 0 atom stereocenters. The third kappa shape index (κ3) is 7.31. The highest BCUT2D eigenvalue weighted by Crippen LogP contribution is 2.22. The van der Waals surface area contributed by atoms with E-state index in [1.54, 1.807) is 11.9 Å². The zero-order chi connectivity index (χ0) is 24.7. The molecule has 0 radical (unpaired) electrons. The molecule has 0 spiro atoms. The van der Waals surface area contributed by atoms with Crippen LogP contribution in [0.5, 0.6) is 0 Å². The van der Waals surface area contributed by atoms with Gasteiger partial charge in [0.05, 0.1) is 5.69 Å². The van der Waals surface area contributed by atoms with Crippen molar-refractivity contribution in [1.29, 1.82) is 0 Å². The number of aliphatic imine (C=N–C) groups is 1. The Balaban J connectivity index is 2.10. The van der Waals surface area contributed by atoms with Crippen LogP contribution in [0, 0.1) is 13.8 Å².